The number of anilines is 2. The highest BCUT2D eigenvalue weighted by molar-refractivity contribution is 6.29. The first-order valence-electron chi connectivity index (χ1n) is 10.2. The zero-order chi connectivity index (χ0) is 23.9. The number of halogens is 1. The third-order valence-corrected chi connectivity index (χ3v) is 4.90. The zero-order valence-corrected chi connectivity index (χ0v) is 19.3. The molecule has 0 saturated carbocycles. The van der Waals surface area contributed by atoms with Crippen molar-refractivity contribution in [1.82, 2.24) is 19.9 Å². The van der Waals surface area contributed by atoms with E-state index in [-0.39, 0.29) is 13.2 Å². The molecule has 4 rings (SSSR count). The predicted octanol–water partition coefficient (Wildman–Crippen LogP) is 3.56. The molecule has 4 heterocycles. The van der Waals surface area contributed by atoms with Crippen LogP contribution >= 0.6 is 11.6 Å². The van der Waals surface area contributed by atoms with E-state index in [1.54, 1.807) is 63.1 Å². The zero-order valence-electron chi connectivity index (χ0n) is 18.5. The molecule has 0 bridgehead atoms. The average Bonchev–Trinajstić information content (AvgIpc) is 2.85. The fourth-order valence-electron chi connectivity index (χ4n) is 3.09. The van der Waals surface area contributed by atoms with Gasteiger partial charge < -0.3 is 25.3 Å². The minimum Gasteiger partial charge on any atom is -0.495 e. The number of aromatic nitrogens is 4. The molecule has 0 radical (unpaired) electrons. The summed E-state index contributed by atoms with van der Waals surface area (Å²) < 4.78 is 16.7. The fourth-order valence-corrected chi connectivity index (χ4v) is 3.24. The first kappa shape index (κ1) is 22.9. The number of methoxy groups -OCH3 is 1. The molecule has 0 saturated heterocycles. The van der Waals surface area contributed by atoms with Gasteiger partial charge in [0.1, 0.15) is 35.8 Å². The van der Waals surface area contributed by atoms with Crippen LogP contribution in [0, 0.1) is 11.8 Å². The van der Waals surface area contributed by atoms with Gasteiger partial charge in [-0.25, -0.2) is 19.9 Å². The van der Waals surface area contributed by atoms with E-state index in [0.717, 1.165) is 10.8 Å². The maximum atomic E-state index is 5.90. The summed E-state index contributed by atoms with van der Waals surface area (Å²) in [5, 5.41) is 5.05. The second kappa shape index (κ2) is 10.6. The first-order valence-corrected chi connectivity index (χ1v) is 10.6. The molecule has 0 fully saturated rings. The Morgan fingerprint density at radius 2 is 1.85 bits per heavy atom. The van der Waals surface area contributed by atoms with E-state index in [0.29, 0.717) is 45.4 Å². The molecule has 10 heteroatoms. The maximum Gasteiger partial charge on any atom is 0.214 e. The van der Waals surface area contributed by atoms with E-state index in [9.17, 15) is 0 Å². The largest absolute Gasteiger partial charge is 0.495 e. The lowest BCUT2D eigenvalue weighted by Gasteiger charge is -2.10. The van der Waals surface area contributed by atoms with Crippen LogP contribution in [0.4, 0.5) is 11.6 Å². The number of nitrogens with zero attached hydrogens (tertiary/aromatic N) is 4. The van der Waals surface area contributed by atoms with Gasteiger partial charge in [0.15, 0.2) is 11.4 Å². The normalized spacial score (nSPS) is 10.3. The molecule has 0 aliphatic heterocycles. The molecule has 34 heavy (non-hydrogen) atoms. The van der Waals surface area contributed by atoms with Crippen LogP contribution < -0.4 is 25.3 Å². The average molecular weight is 477 g/mol. The summed E-state index contributed by atoms with van der Waals surface area (Å²) in [4.78, 5) is 17.0. The molecular formula is C24H21ClN6O3. The van der Waals surface area contributed by atoms with Crippen molar-refractivity contribution in [2.24, 2.45) is 0 Å². The smallest absolute Gasteiger partial charge is 0.214 e. The summed E-state index contributed by atoms with van der Waals surface area (Å²) in [6, 6.07) is 8.64. The van der Waals surface area contributed by atoms with Crippen molar-refractivity contribution in [2.45, 2.75) is 0 Å². The number of pyridine rings is 4. The summed E-state index contributed by atoms with van der Waals surface area (Å²) in [5.74, 6) is 8.68. The van der Waals surface area contributed by atoms with Crippen LogP contribution in [0.5, 0.6) is 17.4 Å². The van der Waals surface area contributed by atoms with Crippen LogP contribution in [0.25, 0.3) is 10.8 Å². The molecule has 3 N–H and O–H groups in total. The maximum absolute atomic E-state index is 5.90. The number of hydrogen-bond acceptors (Lipinski definition) is 9. The van der Waals surface area contributed by atoms with Crippen molar-refractivity contribution in [3.05, 3.63) is 65.3 Å². The minimum atomic E-state index is 0.237. The summed E-state index contributed by atoms with van der Waals surface area (Å²) in [7, 11) is 3.35. The van der Waals surface area contributed by atoms with Gasteiger partial charge in [0.05, 0.1) is 18.9 Å². The van der Waals surface area contributed by atoms with E-state index < -0.39 is 0 Å². The first-order chi connectivity index (χ1) is 16.6. The third kappa shape index (κ3) is 5.36. The van der Waals surface area contributed by atoms with Crippen molar-refractivity contribution in [3.8, 4) is 29.2 Å². The van der Waals surface area contributed by atoms with E-state index in [4.69, 9.17) is 31.5 Å². The summed E-state index contributed by atoms with van der Waals surface area (Å²) >= 11 is 5.88. The lowest BCUT2D eigenvalue weighted by atomic mass is 10.1. The number of ether oxygens (including phenoxy) is 3. The molecule has 0 aliphatic carbocycles. The van der Waals surface area contributed by atoms with E-state index in [2.05, 4.69) is 37.1 Å². The number of hydrogen-bond donors (Lipinski definition) is 2. The van der Waals surface area contributed by atoms with Crippen LogP contribution in [-0.2, 0) is 0 Å². The number of rotatable bonds is 7. The van der Waals surface area contributed by atoms with Crippen LogP contribution in [0.1, 0.15) is 11.3 Å². The standard InChI is InChI=1S/C24H21ClN6O3/c1-27-24-18-14-29-22(26)11-17(18)15(12-30-24)6-7-19-20(10-16(32-2)13-28-19)33-8-9-34-23-5-3-4-21(25)31-23/h3-5,10-14H,8-9H2,1-2H3,(H2,26,29)(H,27,30). The molecule has 4 aromatic heterocycles. The Bertz CT molecular complexity index is 1390. The van der Waals surface area contributed by atoms with Gasteiger partial charge in [-0.3, -0.25) is 0 Å². The molecule has 0 unspecified atom stereocenters. The van der Waals surface area contributed by atoms with Gasteiger partial charge >= 0.3 is 0 Å². The van der Waals surface area contributed by atoms with Crippen molar-refractivity contribution in [1.29, 1.82) is 0 Å². The van der Waals surface area contributed by atoms with E-state index in [1.807, 2.05) is 0 Å². The predicted molar refractivity (Wildman–Crippen MR) is 131 cm³/mol. The van der Waals surface area contributed by atoms with Gasteiger partial charge in [-0.05, 0) is 18.1 Å². The van der Waals surface area contributed by atoms with Crippen LogP contribution in [-0.4, -0.2) is 47.3 Å². The lowest BCUT2D eigenvalue weighted by Crippen LogP contribution is -2.10. The molecule has 0 atom stereocenters. The SMILES string of the molecule is CNc1ncc(C#Cc2ncc(OC)cc2OCCOc2cccc(Cl)n2)c2cc(N)ncc12. The summed E-state index contributed by atoms with van der Waals surface area (Å²) in [6.07, 6.45) is 4.92. The molecule has 9 nitrogen and oxygen atoms in total. The van der Waals surface area contributed by atoms with Gasteiger partial charge in [0.2, 0.25) is 5.88 Å². The van der Waals surface area contributed by atoms with Gasteiger partial charge in [-0.2, -0.15) is 0 Å². The Morgan fingerprint density at radius 1 is 1.00 bits per heavy atom. The Labute approximate surface area is 201 Å². The number of nitrogens with one attached hydrogen (secondary N) is 1. The highest BCUT2D eigenvalue weighted by Gasteiger charge is 2.09. The molecule has 4 aromatic rings. The van der Waals surface area contributed by atoms with Crippen molar-refractivity contribution >= 4 is 34.0 Å². The monoisotopic (exact) mass is 476 g/mol. The second-order valence-electron chi connectivity index (χ2n) is 6.89. The van der Waals surface area contributed by atoms with Gasteiger partial charge in [0, 0.05) is 42.3 Å². The number of nitrogen functional groups attached to an aromatic ring is 1. The second-order valence-corrected chi connectivity index (χ2v) is 7.28. The molecule has 0 amide bonds. The summed E-state index contributed by atoms with van der Waals surface area (Å²) in [6.45, 7) is 0.491. The van der Waals surface area contributed by atoms with Crippen molar-refractivity contribution in [3.63, 3.8) is 0 Å². The Hall–Kier alpha value is -4.29. The van der Waals surface area contributed by atoms with Crippen LogP contribution in [0.2, 0.25) is 5.15 Å². The molecule has 172 valence electrons. The Morgan fingerprint density at radius 3 is 2.65 bits per heavy atom. The van der Waals surface area contributed by atoms with Gasteiger partial charge in [-0.1, -0.05) is 23.6 Å². The highest BCUT2D eigenvalue weighted by atomic mass is 35.5. The fraction of sp³-hybridized carbons (Fsp3) is 0.167. The quantitative estimate of drug-likeness (QED) is 0.234. The van der Waals surface area contributed by atoms with Gasteiger partial charge in [0.25, 0.3) is 0 Å². The molecule has 0 aromatic carbocycles. The van der Waals surface area contributed by atoms with Crippen molar-refractivity contribution < 1.29 is 14.2 Å². The Kier molecular flexibility index (Phi) is 7.10. The summed E-state index contributed by atoms with van der Waals surface area (Å²) in [5.41, 5.74) is 7.02. The van der Waals surface area contributed by atoms with E-state index in [1.165, 1.54) is 0 Å². The van der Waals surface area contributed by atoms with Gasteiger partial charge in [-0.15, -0.1) is 0 Å². The Balaban J connectivity index is 1.57. The minimum absolute atomic E-state index is 0.237. The number of nitrogens with two attached hydrogens (primary N) is 1. The molecule has 0 aliphatic rings. The van der Waals surface area contributed by atoms with Crippen LogP contribution in [0.15, 0.2) is 48.9 Å². The lowest BCUT2D eigenvalue weighted by molar-refractivity contribution is 0.210. The van der Waals surface area contributed by atoms with Crippen molar-refractivity contribution in [2.75, 3.05) is 38.4 Å². The van der Waals surface area contributed by atoms with Crippen LogP contribution in [0.3, 0.4) is 0 Å². The topological polar surface area (TPSA) is 117 Å². The van der Waals surface area contributed by atoms with E-state index >= 15 is 0 Å². The molecule has 0 spiro atoms. The third-order valence-electron chi connectivity index (χ3n) is 4.69. The highest BCUT2D eigenvalue weighted by Crippen LogP contribution is 2.26. The number of fused-ring (bicyclic) bond motifs is 1. The molecular weight excluding hydrogens is 456 g/mol.